The van der Waals surface area contributed by atoms with E-state index in [4.69, 9.17) is 0 Å². The molecule has 17 heavy (non-hydrogen) atoms. The molecule has 0 fully saturated rings. The molecule has 0 bridgehead atoms. The van der Waals surface area contributed by atoms with E-state index in [2.05, 4.69) is 26.5 Å². The fourth-order valence-corrected chi connectivity index (χ4v) is 1.49. The summed E-state index contributed by atoms with van der Waals surface area (Å²) in [4.78, 5) is 0. The highest BCUT2D eigenvalue weighted by Crippen LogP contribution is 2.24. The maximum absolute atomic E-state index is 12.9. The van der Waals surface area contributed by atoms with E-state index in [0.29, 0.717) is 12.3 Å². The molecule has 0 aliphatic heterocycles. The van der Waals surface area contributed by atoms with Gasteiger partial charge in [-0.15, -0.1) is 0 Å². The maximum atomic E-state index is 12.9. The summed E-state index contributed by atoms with van der Waals surface area (Å²) < 4.78 is 25.8. The highest BCUT2D eigenvalue weighted by Gasteiger charge is 2.21. The van der Waals surface area contributed by atoms with Crippen molar-refractivity contribution < 1.29 is 8.78 Å². The lowest BCUT2D eigenvalue weighted by Gasteiger charge is -2.11. The number of hydrogen-bond acceptors (Lipinski definition) is 0. The van der Waals surface area contributed by atoms with E-state index in [1.165, 1.54) is 0 Å². The average molecular weight is 242 g/mol. The molecule has 0 heterocycles. The third kappa shape index (κ3) is 9.98. The molecule has 0 spiro atoms. The molecular weight excluding hydrogens is 218 g/mol. The van der Waals surface area contributed by atoms with Gasteiger partial charge in [-0.1, -0.05) is 56.7 Å². The zero-order valence-electron chi connectivity index (χ0n) is 11.2. The van der Waals surface area contributed by atoms with Gasteiger partial charge in [0.15, 0.2) is 0 Å². The third-order valence-electron chi connectivity index (χ3n) is 2.67. The maximum Gasteiger partial charge on any atom is 0.249 e. The molecule has 0 saturated heterocycles. The van der Waals surface area contributed by atoms with Crippen LogP contribution in [0.15, 0.2) is 36.5 Å². The summed E-state index contributed by atoms with van der Waals surface area (Å²) in [7, 11) is 0. The van der Waals surface area contributed by atoms with Crippen molar-refractivity contribution in [2.75, 3.05) is 0 Å². The molecule has 0 nitrogen and oxygen atoms in total. The first-order chi connectivity index (χ1) is 7.89. The number of halogens is 2. The SMILES string of the molecule is C=C/C=C(/C/C=C\CC(C)CC)CC(C)(F)F. The van der Waals surface area contributed by atoms with E-state index in [9.17, 15) is 8.78 Å². The van der Waals surface area contributed by atoms with E-state index in [0.717, 1.165) is 25.3 Å². The number of hydrogen-bond donors (Lipinski definition) is 0. The predicted molar refractivity (Wildman–Crippen MR) is 71.3 cm³/mol. The Hall–Kier alpha value is -0.920. The van der Waals surface area contributed by atoms with Gasteiger partial charge in [0.25, 0.3) is 0 Å². The monoisotopic (exact) mass is 242 g/mol. The summed E-state index contributed by atoms with van der Waals surface area (Å²) in [5, 5.41) is 0. The summed E-state index contributed by atoms with van der Waals surface area (Å²) >= 11 is 0. The van der Waals surface area contributed by atoms with Gasteiger partial charge in [-0.05, 0) is 25.7 Å². The Morgan fingerprint density at radius 3 is 2.47 bits per heavy atom. The van der Waals surface area contributed by atoms with Gasteiger partial charge in [0.05, 0.1) is 0 Å². The van der Waals surface area contributed by atoms with Crippen LogP contribution in [0.4, 0.5) is 8.78 Å². The van der Waals surface area contributed by atoms with Gasteiger partial charge in [0.1, 0.15) is 0 Å². The largest absolute Gasteiger partial charge is 0.249 e. The Kier molecular flexibility index (Phi) is 7.77. The molecule has 0 aliphatic rings. The zero-order valence-corrected chi connectivity index (χ0v) is 11.2. The minimum Gasteiger partial charge on any atom is -0.207 e. The quantitative estimate of drug-likeness (QED) is 0.388. The second-order valence-corrected chi connectivity index (χ2v) is 4.73. The third-order valence-corrected chi connectivity index (χ3v) is 2.67. The van der Waals surface area contributed by atoms with Crippen LogP contribution < -0.4 is 0 Å². The van der Waals surface area contributed by atoms with Crippen LogP contribution in [0.25, 0.3) is 0 Å². The standard InChI is InChI=1S/C15H24F2/c1-5-9-14(12-15(4,16)17)11-8-7-10-13(3)6-2/h5,7-9,13H,1,6,10-12H2,2-4H3/b8-7-,14-9-. The summed E-state index contributed by atoms with van der Waals surface area (Å²) in [5.74, 6) is -1.98. The van der Waals surface area contributed by atoms with Crippen LogP contribution in [0.3, 0.4) is 0 Å². The fraction of sp³-hybridized carbons (Fsp3) is 0.600. The van der Waals surface area contributed by atoms with Crippen molar-refractivity contribution in [2.45, 2.75) is 52.4 Å². The fourth-order valence-electron chi connectivity index (χ4n) is 1.49. The first kappa shape index (κ1) is 16.1. The van der Waals surface area contributed by atoms with E-state index in [1.807, 2.05) is 6.08 Å². The average Bonchev–Trinajstić information content (AvgIpc) is 2.22. The Morgan fingerprint density at radius 2 is 2.00 bits per heavy atom. The van der Waals surface area contributed by atoms with Gasteiger partial charge >= 0.3 is 0 Å². The number of rotatable bonds is 8. The van der Waals surface area contributed by atoms with Crippen LogP contribution in [0.2, 0.25) is 0 Å². The lowest BCUT2D eigenvalue weighted by Crippen LogP contribution is -2.10. The molecule has 0 aromatic carbocycles. The van der Waals surface area contributed by atoms with E-state index in [1.54, 1.807) is 12.2 Å². The summed E-state index contributed by atoms with van der Waals surface area (Å²) in [6, 6.07) is 0. The lowest BCUT2D eigenvalue weighted by atomic mass is 10.0. The minimum absolute atomic E-state index is 0.188. The van der Waals surface area contributed by atoms with Crippen LogP contribution in [-0.2, 0) is 0 Å². The van der Waals surface area contributed by atoms with Crippen molar-refractivity contribution in [2.24, 2.45) is 5.92 Å². The predicted octanol–water partition coefficient (Wildman–Crippen LogP) is 5.53. The summed E-state index contributed by atoms with van der Waals surface area (Å²) in [5.41, 5.74) is 0.730. The Morgan fingerprint density at radius 1 is 1.35 bits per heavy atom. The molecule has 0 aliphatic carbocycles. The van der Waals surface area contributed by atoms with Gasteiger partial charge in [-0.25, -0.2) is 8.78 Å². The van der Waals surface area contributed by atoms with Crippen molar-refractivity contribution in [1.82, 2.24) is 0 Å². The van der Waals surface area contributed by atoms with E-state index >= 15 is 0 Å². The van der Waals surface area contributed by atoms with Crippen molar-refractivity contribution in [3.05, 3.63) is 36.5 Å². The van der Waals surface area contributed by atoms with Crippen molar-refractivity contribution >= 4 is 0 Å². The van der Waals surface area contributed by atoms with Crippen LogP contribution in [0.1, 0.15) is 46.5 Å². The normalized spacial score (nSPS) is 15.2. The van der Waals surface area contributed by atoms with E-state index in [-0.39, 0.29) is 6.42 Å². The Balaban J connectivity index is 4.20. The van der Waals surface area contributed by atoms with E-state index < -0.39 is 5.92 Å². The minimum atomic E-state index is -2.64. The van der Waals surface area contributed by atoms with Crippen molar-refractivity contribution in [3.63, 3.8) is 0 Å². The van der Waals surface area contributed by atoms with Crippen LogP contribution >= 0.6 is 0 Å². The molecular formula is C15H24F2. The van der Waals surface area contributed by atoms with Gasteiger partial charge in [-0.3, -0.25) is 0 Å². The lowest BCUT2D eigenvalue weighted by molar-refractivity contribution is 0.0222. The molecule has 0 aromatic rings. The zero-order chi connectivity index (χ0) is 13.3. The highest BCUT2D eigenvalue weighted by atomic mass is 19.3. The molecule has 0 N–H and O–H groups in total. The molecule has 0 saturated carbocycles. The smallest absolute Gasteiger partial charge is 0.207 e. The number of alkyl halides is 2. The van der Waals surface area contributed by atoms with Crippen LogP contribution in [-0.4, -0.2) is 5.92 Å². The van der Waals surface area contributed by atoms with Crippen LogP contribution in [0, 0.1) is 5.92 Å². The molecule has 2 heteroatoms. The topological polar surface area (TPSA) is 0 Å². The van der Waals surface area contributed by atoms with Gasteiger partial charge in [-0.2, -0.15) is 0 Å². The Labute approximate surface area is 104 Å². The molecule has 1 atom stereocenters. The first-order valence-electron chi connectivity index (χ1n) is 6.22. The van der Waals surface area contributed by atoms with Gasteiger partial charge in [0.2, 0.25) is 5.92 Å². The van der Waals surface area contributed by atoms with Crippen LogP contribution in [0.5, 0.6) is 0 Å². The summed E-state index contributed by atoms with van der Waals surface area (Å²) in [6.45, 7) is 8.84. The van der Waals surface area contributed by atoms with Crippen molar-refractivity contribution in [1.29, 1.82) is 0 Å². The second kappa shape index (κ2) is 8.21. The second-order valence-electron chi connectivity index (χ2n) is 4.73. The molecule has 1 unspecified atom stereocenters. The molecule has 98 valence electrons. The Bertz CT molecular complexity index is 269. The highest BCUT2D eigenvalue weighted by molar-refractivity contribution is 5.15. The molecule has 0 rings (SSSR count). The first-order valence-corrected chi connectivity index (χ1v) is 6.22. The molecule has 0 aromatic heterocycles. The van der Waals surface area contributed by atoms with Gasteiger partial charge in [0, 0.05) is 6.42 Å². The van der Waals surface area contributed by atoms with Crippen molar-refractivity contribution in [3.8, 4) is 0 Å². The summed E-state index contributed by atoms with van der Waals surface area (Å²) in [6.07, 6.45) is 9.88. The molecule has 0 radical (unpaired) electrons. The molecule has 0 amide bonds. The van der Waals surface area contributed by atoms with Gasteiger partial charge < -0.3 is 0 Å². The number of allylic oxidation sites excluding steroid dienone is 5.